The van der Waals surface area contributed by atoms with Crippen LogP contribution in [0.2, 0.25) is 0 Å². The van der Waals surface area contributed by atoms with E-state index in [0.29, 0.717) is 31.6 Å². The predicted molar refractivity (Wildman–Crippen MR) is 126 cm³/mol. The van der Waals surface area contributed by atoms with Crippen molar-refractivity contribution in [2.24, 2.45) is 5.92 Å². The molecule has 7 heteroatoms. The number of ketones is 1. The first kappa shape index (κ1) is 26.1. The normalized spacial score (nSPS) is 12.6. The number of hydrogen-bond acceptors (Lipinski definition) is 5. The third-order valence-electron chi connectivity index (χ3n) is 5.28. The molecule has 2 aromatic carbocycles. The number of nitrogens with one attached hydrogen (secondary N) is 2. The third-order valence-corrected chi connectivity index (χ3v) is 5.28. The maximum absolute atomic E-state index is 13.0. The summed E-state index contributed by atoms with van der Waals surface area (Å²) < 4.78 is 5.26. The smallest absolute Gasteiger partial charge is 0.408 e. The van der Waals surface area contributed by atoms with E-state index in [4.69, 9.17) is 4.74 Å². The van der Waals surface area contributed by atoms with Crippen molar-refractivity contribution in [1.29, 1.82) is 0 Å². The molecule has 0 saturated heterocycles. The molecule has 3 N–H and O–H groups in total. The van der Waals surface area contributed by atoms with Gasteiger partial charge in [0.25, 0.3) is 0 Å². The van der Waals surface area contributed by atoms with Crippen LogP contribution in [0.15, 0.2) is 60.7 Å². The Bertz CT molecular complexity index is 871. The second-order valence-electron chi connectivity index (χ2n) is 8.44. The first-order chi connectivity index (χ1) is 15.9. The number of carbonyl (C=O) groups is 3. The van der Waals surface area contributed by atoms with E-state index in [9.17, 15) is 19.5 Å². The van der Waals surface area contributed by atoms with Gasteiger partial charge < -0.3 is 20.5 Å². The van der Waals surface area contributed by atoms with Crippen LogP contribution in [0.5, 0.6) is 0 Å². The van der Waals surface area contributed by atoms with Crippen LogP contribution in [0, 0.1) is 5.92 Å². The van der Waals surface area contributed by atoms with Crippen LogP contribution >= 0.6 is 0 Å². The molecular weight excluding hydrogens is 420 g/mol. The van der Waals surface area contributed by atoms with Crippen molar-refractivity contribution in [3.05, 3.63) is 71.8 Å². The standard InChI is InChI=1S/C26H34N2O5/c1-19(2)13-15-23(28-26(32)33-18-21-11-7-4-8-12-21)25(31)27-22(24(30)17-29)16-14-20-9-5-3-6-10-20/h3-12,19,22-23,29H,13-18H2,1-2H3,(H,27,31)(H,28,32). The summed E-state index contributed by atoms with van der Waals surface area (Å²) in [6.45, 7) is 3.48. The van der Waals surface area contributed by atoms with E-state index in [2.05, 4.69) is 10.6 Å². The summed E-state index contributed by atoms with van der Waals surface area (Å²) in [5, 5.41) is 14.7. The van der Waals surface area contributed by atoms with Crippen LogP contribution < -0.4 is 10.6 Å². The fraction of sp³-hybridized carbons (Fsp3) is 0.423. The van der Waals surface area contributed by atoms with Gasteiger partial charge in [0.1, 0.15) is 19.3 Å². The van der Waals surface area contributed by atoms with Gasteiger partial charge in [0.15, 0.2) is 5.78 Å². The number of ether oxygens (including phenoxy) is 1. The van der Waals surface area contributed by atoms with Crippen LogP contribution in [-0.4, -0.2) is 41.6 Å². The number of alkyl carbamates (subject to hydrolysis) is 1. The van der Waals surface area contributed by atoms with Gasteiger partial charge in [0, 0.05) is 0 Å². The van der Waals surface area contributed by atoms with E-state index >= 15 is 0 Å². The van der Waals surface area contributed by atoms with Crippen molar-refractivity contribution < 1.29 is 24.2 Å². The van der Waals surface area contributed by atoms with Gasteiger partial charge >= 0.3 is 6.09 Å². The molecule has 0 heterocycles. The van der Waals surface area contributed by atoms with Crippen molar-refractivity contribution in [2.75, 3.05) is 6.61 Å². The minimum Gasteiger partial charge on any atom is -0.445 e. The van der Waals surface area contributed by atoms with E-state index < -0.39 is 36.5 Å². The molecule has 0 aliphatic rings. The molecule has 0 bridgehead atoms. The van der Waals surface area contributed by atoms with E-state index in [1.807, 2.05) is 74.5 Å². The van der Waals surface area contributed by atoms with E-state index in [1.165, 1.54) is 0 Å². The first-order valence-electron chi connectivity index (χ1n) is 11.3. The number of rotatable bonds is 13. The van der Waals surface area contributed by atoms with Crippen molar-refractivity contribution in [3.8, 4) is 0 Å². The lowest BCUT2D eigenvalue weighted by Gasteiger charge is -2.23. The monoisotopic (exact) mass is 454 g/mol. The third kappa shape index (κ3) is 9.87. The van der Waals surface area contributed by atoms with Crippen molar-refractivity contribution >= 4 is 17.8 Å². The Morgan fingerprint density at radius 2 is 1.42 bits per heavy atom. The van der Waals surface area contributed by atoms with Crippen molar-refractivity contribution in [2.45, 2.75) is 58.2 Å². The minimum absolute atomic E-state index is 0.0912. The second-order valence-corrected chi connectivity index (χ2v) is 8.44. The zero-order valence-corrected chi connectivity index (χ0v) is 19.3. The lowest BCUT2D eigenvalue weighted by molar-refractivity contribution is -0.130. The Kier molecular flexibility index (Phi) is 11.1. The molecule has 2 atom stereocenters. The first-order valence-corrected chi connectivity index (χ1v) is 11.3. The molecule has 0 radical (unpaired) electrons. The summed E-state index contributed by atoms with van der Waals surface area (Å²) in [4.78, 5) is 37.6. The van der Waals surface area contributed by atoms with Crippen molar-refractivity contribution in [3.63, 3.8) is 0 Å². The quantitative estimate of drug-likeness (QED) is 0.430. The summed E-state index contributed by atoms with van der Waals surface area (Å²) in [6.07, 6.45) is 1.34. The zero-order chi connectivity index (χ0) is 24.1. The van der Waals surface area contributed by atoms with Crippen LogP contribution in [-0.2, 0) is 27.4 Å². The molecular formula is C26H34N2O5. The van der Waals surface area contributed by atoms with Gasteiger partial charge in [0.2, 0.25) is 5.91 Å². The average molecular weight is 455 g/mol. The van der Waals surface area contributed by atoms with E-state index in [1.54, 1.807) is 0 Å². The van der Waals surface area contributed by atoms with Crippen molar-refractivity contribution in [1.82, 2.24) is 10.6 Å². The van der Waals surface area contributed by atoms with Gasteiger partial charge in [0.05, 0.1) is 6.04 Å². The average Bonchev–Trinajstić information content (AvgIpc) is 2.83. The number of amides is 2. The molecule has 2 aromatic rings. The number of carbonyl (C=O) groups excluding carboxylic acids is 3. The highest BCUT2D eigenvalue weighted by Gasteiger charge is 2.27. The van der Waals surface area contributed by atoms with Gasteiger partial charge in [-0.25, -0.2) is 4.79 Å². The zero-order valence-electron chi connectivity index (χ0n) is 19.3. The van der Waals surface area contributed by atoms with Gasteiger partial charge in [-0.05, 0) is 42.7 Å². The fourth-order valence-corrected chi connectivity index (χ4v) is 3.33. The maximum atomic E-state index is 13.0. The van der Waals surface area contributed by atoms with Crippen LogP contribution in [0.4, 0.5) is 4.79 Å². The fourth-order valence-electron chi connectivity index (χ4n) is 3.33. The number of aryl methyl sites for hydroxylation is 1. The van der Waals surface area contributed by atoms with Gasteiger partial charge in [-0.3, -0.25) is 9.59 Å². The van der Waals surface area contributed by atoms with Crippen LogP contribution in [0.3, 0.4) is 0 Å². The Labute approximate surface area is 195 Å². The largest absolute Gasteiger partial charge is 0.445 e. The molecule has 0 fully saturated rings. The summed E-state index contributed by atoms with van der Waals surface area (Å²) in [7, 11) is 0. The summed E-state index contributed by atoms with van der Waals surface area (Å²) >= 11 is 0. The summed E-state index contributed by atoms with van der Waals surface area (Å²) in [5.41, 5.74) is 1.87. The Balaban J connectivity index is 1.99. The number of benzene rings is 2. The maximum Gasteiger partial charge on any atom is 0.408 e. The highest BCUT2D eigenvalue weighted by molar-refractivity contribution is 5.92. The molecule has 0 aromatic heterocycles. The van der Waals surface area contributed by atoms with Gasteiger partial charge in [-0.2, -0.15) is 0 Å². The molecule has 0 saturated carbocycles. The van der Waals surface area contributed by atoms with Gasteiger partial charge in [-0.1, -0.05) is 74.5 Å². The molecule has 7 nitrogen and oxygen atoms in total. The lowest BCUT2D eigenvalue weighted by atomic mass is 10.00. The van der Waals surface area contributed by atoms with Crippen LogP contribution in [0.1, 0.15) is 44.2 Å². The number of aliphatic hydroxyl groups excluding tert-OH is 1. The minimum atomic E-state index is -0.846. The molecule has 33 heavy (non-hydrogen) atoms. The Morgan fingerprint density at radius 3 is 2.00 bits per heavy atom. The van der Waals surface area contributed by atoms with Crippen LogP contribution in [0.25, 0.3) is 0 Å². The molecule has 2 amide bonds. The number of hydrogen-bond donors (Lipinski definition) is 3. The molecule has 0 spiro atoms. The van der Waals surface area contributed by atoms with E-state index in [0.717, 1.165) is 11.1 Å². The van der Waals surface area contributed by atoms with Gasteiger partial charge in [-0.15, -0.1) is 0 Å². The SMILES string of the molecule is CC(C)CCC(NC(=O)OCc1ccccc1)C(=O)NC(CCc1ccccc1)C(=O)CO. The number of Topliss-reactive ketones (excluding diaryl/α,β-unsaturated/α-hetero) is 1. The Morgan fingerprint density at radius 1 is 0.818 bits per heavy atom. The molecule has 2 unspecified atom stereocenters. The highest BCUT2D eigenvalue weighted by atomic mass is 16.5. The number of aliphatic hydroxyl groups is 1. The molecule has 0 aliphatic heterocycles. The lowest BCUT2D eigenvalue weighted by Crippen LogP contribution is -2.52. The second kappa shape index (κ2) is 14.1. The Hall–Kier alpha value is -3.19. The summed E-state index contributed by atoms with van der Waals surface area (Å²) in [6, 6.07) is 17.2. The molecule has 0 aliphatic carbocycles. The molecule has 178 valence electrons. The highest BCUT2D eigenvalue weighted by Crippen LogP contribution is 2.10. The molecule has 2 rings (SSSR count). The topological polar surface area (TPSA) is 105 Å². The summed E-state index contributed by atoms with van der Waals surface area (Å²) in [5.74, 6) is -0.601. The predicted octanol–water partition coefficient (Wildman–Crippen LogP) is 3.40. The van der Waals surface area contributed by atoms with E-state index in [-0.39, 0.29) is 6.61 Å².